The topological polar surface area (TPSA) is 49.3 Å². The quantitative estimate of drug-likeness (QED) is 0.856. The van der Waals surface area contributed by atoms with E-state index in [1.54, 1.807) is 11.3 Å². The van der Waals surface area contributed by atoms with Crippen LogP contribution in [0, 0.1) is 12.3 Å². The Morgan fingerprint density at radius 2 is 2.17 bits per heavy atom. The smallest absolute Gasteiger partial charge is 0.223 e. The number of hydrogen-bond donors (Lipinski definition) is 0. The molecule has 1 unspecified atom stereocenters. The molecule has 2 aliphatic rings. The van der Waals surface area contributed by atoms with Crippen molar-refractivity contribution in [3.05, 3.63) is 46.2 Å². The predicted octanol–water partition coefficient (Wildman–Crippen LogP) is 2.47. The molecule has 0 aromatic carbocycles. The Labute approximate surface area is 146 Å². The third-order valence-electron chi connectivity index (χ3n) is 5.05. The van der Waals surface area contributed by atoms with Gasteiger partial charge in [-0.25, -0.2) is 4.98 Å². The third-order valence-corrected chi connectivity index (χ3v) is 5.88. The molecule has 0 radical (unpaired) electrons. The van der Waals surface area contributed by atoms with Crippen LogP contribution in [0.4, 0.5) is 0 Å². The number of rotatable bonds is 4. The van der Waals surface area contributed by atoms with Crippen LogP contribution < -0.4 is 0 Å². The van der Waals surface area contributed by atoms with Gasteiger partial charge in [0.25, 0.3) is 0 Å². The molecule has 0 aliphatic carbocycles. The maximum Gasteiger partial charge on any atom is 0.223 e. The first-order valence-electron chi connectivity index (χ1n) is 8.43. The second-order valence-electron chi connectivity index (χ2n) is 7.07. The standard InChI is InChI=1S/C18H22N4OS/c1-14-20-16(11-24-14)10-22-13-18(8-17(22)23)5-7-21(12-18)9-15-4-2-3-6-19-15/h2-4,6,11H,5,7-10,12-13H2,1H3. The van der Waals surface area contributed by atoms with Crippen LogP contribution in [0.15, 0.2) is 29.8 Å². The van der Waals surface area contributed by atoms with Crippen molar-refractivity contribution in [1.82, 2.24) is 19.8 Å². The van der Waals surface area contributed by atoms with E-state index in [9.17, 15) is 4.79 Å². The molecular formula is C18H22N4OS. The van der Waals surface area contributed by atoms with Crippen molar-refractivity contribution < 1.29 is 4.79 Å². The van der Waals surface area contributed by atoms with Crippen molar-refractivity contribution >= 4 is 17.2 Å². The largest absolute Gasteiger partial charge is 0.336 e. The van der Waals surface area contributed by atoms with Gasteiger partial charge in [-0.3, -0.25) is 14.7 Å². The zero-order chi connectivity index (χ0) is 16.6. The average molecular weight is 342 g/mol. The summed E-state index contributed by atoms with van der Waals surface area (Å²) in [5.41, 5.74) is 2.25. The molecule has 2 aromatic heterocycles. The van der Waals surface area contributed by atoms with E-state index in [1.165, 1.54) is 0 Å². The van der Waals surface area contributed by atoms with E-state index in [0.29, 0.717) is 13.0 Å². The lowest BCUT2D eigenvalue weighted by molar-refractivity contribution is -0.128. The molecular weight excluding hydrogens is 320 g/mol. The van der Waals surface area contributed by atoms with E-state index in [0.717, 1.165) is 49.0 Å². The van der Waals surface area contributed by atoms with Gasteiger partial charge in [0.15, 0.2) is 0 Å². The summed E-state index contributed by atoms with van der Waals surface area (Å²) < 4.78 is 0. The Bertz CT molecular complexity index is 732. The molecule has 4 rings (SSSR count). The molecule has 0 saturated carbocycles. The molecule has 0 bridgehead atoms. The van der Waals surface area contributed by atoms with Gasteiger partial charge in [0, 0.05) is 43.0 Å². The highest BCUT2D eigenvalue weighted by atomic mass is 32.1. The number of likely N-dealkylation sites (tertiary alicyclic amines) is 2. The Kier molecular flexibility index (Phi) is 4.10. The number of hydrogen-bond acceptors (Lipinski definition) is 5. The molecule has 1 atom stereocenters. The number of aromatic nitrogens is 2. The lowest BCUT2D eigenvalue weighted by Crippen LogP contribution is -2.31. The fraction of sp³-hybridized carbons (Fsp3) is 0.500. The Balaban J connectivity index is 1.39. The molecule has 24 heavy (non-hydrogen) atoms. The average Bonchev–Trinajstić information content (AvgIpc) is 3.22. The summed E-state index contributed by atoms with van der Waals surface area (Å²) >= 11 is 1.65. The summed E-state index contributed by atoms with van der Waals surface area (Å²) in [7, 11) is 0. The van der Waals surface area contributed by atoms with E-state index in [4.69, 9.17) is 0 Å². The first-order valence-corrected chi connectivity index (χ1v) is 9.31. The molecule has 2 aliphatic heterocycles. The van der Waals surface area contributed by atoms with Gasteiger partial charge in [-0.05, 0) is 32.0 Å². The highest BCUT2D eigenvalue weighted by molar-refractivity contribution is 7.09. The number of pyridine rings is 1. The van der Waals surface area contributed by atoms with Crippen molar-refractivity contribution in [2.75, 3.05) is 19.6 Å². The first-order chi connectivity index (χ1) is 11.6. The molecule has 2 aromatic rings. The zero-order valence-corrected chi connectivity index (χ0v) is 14.8. The minimum Gasteiger partial charge on any atom is -0.336 e. The number of thiazole rings is 1. The molecule has 1 amide bonds. The molecule has 5 nitrogen and oxygen atoms in total. The van der Waals surface area contributed by atoms with E-state index in [2.05, 4.69) is 26.3 Å². The number of nitrogens with zero attached hydrogens (tertiary/aromatic N) is 4. The number of carbonyl (C=O) groups is 1. The molecule has 4 heterocycles. The van der Waals surface area contributed by atoms with Crippen LogP contribution in [0.5, 0.6) is 0 Å². The van der Waals surface area contributed by atoms with E-state index < -0.39 is 0 Å². The number of aryl methyl sites for hydroxylation is 1. The molecule has 6 heteroatoms. The van der Waals surface area contributed by atoms with Crippen molar-refractivity contribution in [3.8, 4) is 0 Å². The predicted molar refractivity (Wildman–Crippen MR) is 93.4 cm³/mol. The summed E-state index contributed by atoms with van der Waals surface area (Å²) in [6, 6.07) is 6.05. The molecule has 0 N–H and O–H groups in total. The van der Waals surface area contributed by atoms with E-state index >= 15 is 0 Å². The van der Waals surface area contributed by atoms with Crippen LogP contribution in [-0.2, 0) is 17.9 Å². The first kappa shape index (κ1) is 15.7. The zero-order valence-electron chi connectivity index (χ0n) is 13.9. The van der Waals surface area contributed by atoms with Crippen molar-refractivity contribution in [2.45, 2.75) is 32.9 Å². The molecule has 2 saturated heterocycles. The van der Waals surface area contributed by atoms with Crippen LogP contribution >= 0.6 is 11.3 Å². The minimum absolute atomic E-state index is 0.122. The molecule has 126 valence electrons. The summed E-state index contributed by atoms with van der Waals surface area (Å²) in [4.78, 5) is 25.8. The second-order valence-corrected chi connectivity index (χ2v) is 8.13. The lowest BCUT2D eigenvalue weighted by Gasteiger charge is -2.24. The maximum atomic E-state index is 12.5. The number of amides is 1. The van der Waals surface area contributed by atoms with E-state index in [1.807, 2.05) is 30.2 Å². The SMILES string of the molecule is Cc1nc(CN2CC3(CCN(Cc4ccccn4)C3)CC2=O)cs1. The summed E-state index contributed by atoms with van der Waals surface area (Å²) in [6.45, 7) is 6.44. The van der Waals surface area contributed by atoms with Gasteiger partial charge in [-0.1, -0.05) is 6.07 Å². The Hall–Kier alpha value is -1.79. The fourth-order valence-corrected chi connectivity index (χ4v) is 4.56. The van der Waals surface area contributed by atoms with Crippen molar-refractivity contribution in [2.24, 2.45) is 5.41 Å². The van der Waals surface area contributed by atoms with Gasteiger partial charge in [-0.15, -0.1) is 11.3 Å². The van der Waals surface area contributed by atoms with Gasteiger partial charge in [0.1, 0.15) is 0 Å². The van der Waals surface area contributed by atoms with Gasteiger partial charge >= 0.3 is 0 Å². The van der Waals surface area contributed by atoms with Gasteiger partial charge < -0.3 is 4.90 Å². The van der Waals surface area contributed by atoms with Crippen molar-refractivity contribution in [3.63, 3.8) is 0 Å². The lowest BCUT2D eigenvalue weighted by atomic mass is 9.86. The van der Waals surface area contributed by atoms with Gasteiger partial charge in [0.2, 0.25) is 5.91 Å². The fourth-order valence-electron chi connectivity index (χ4n) is 3.96. The second kappa shape index (κ2) is 6.26. The summed E-state index contributed by atoms with van der Waals surface area (Å²) in [6.07, 6.45) is 3.62. The maximum absolute atomic E-state index is 12.5. The Morgan fingerprint density at radius 3 is 2.92 bits per heavy atom. The summed E-state index contributed by atoms with van der Waals surface area (Å²) in [5, 5.41) is 3.13. The van der Waals surface area contributed by atoms with E-state index in [-0.39, 0.29) is 11.3 Å². The normalized spacial score (nSPS) is 24.4. The van der Waals surface area contributed by atoms with Crippen LogP contribution in [-0.4, -0.2) is 45.3 Å². The van der Waals surface area contributed by atoms with Gasteiger partial charge in [-0.2, -0.15) is 0 Å². The summed E-state index contributed by atoms with van der Waals surface area (Å²) in [5.74, 6) is 0.278. The van der Waals surface area contributed by atoms with Crippen LogP contribution in [0.2, 0.25) is 0 Å². The minimum atomic E-state index is 0.122. The van der Waals surface area contributed by atoms with Crippen molar-refractivity contribution in [1.29, 1.82) is 0 Å². The number of carbonyl (C=O) groups excluding carboxylic acids is 1. The van der Waals surface area contributed by atoms with Crippen LogP contribution in [0.1, 0.15) is 29.2 Å². The van der Waals surface area contributed by atoms with Crippen LogP contribution in [0.25, 0.3) is 0 Å². The highest BCUT2D eigenvalue weighted by Crippen LogP contribution is 2.41. The molecule has 1 spiro atoms. The molecule has 2 fully saturated rings. The van der Waals surface area contributed by atoms with Gasteiger partial charge in [0.05, 0.1) is 22.9 Å². The van der Waals surface area contributed by atoms with Crippen LogP contribution in [0.3, 0.4) is 0 Å². The highest BCUT2D eigenvalue weighted by Gasteiger charge is 2.47. The Morgan fingerprint density at radius 1 is 1.25 bits per heavy atom. The third kappa shape index (κ3) is 3.21. The monoisotopic (exact) mass is 342 g/mol.